The van der Waals surface area contributed by atoms with Crippen LogP contribution in [-0.2, 0) is 15.1 Å². The number of carbonyl (C=O) groups is 3. The number of piperidine rings is 1. The zero-order chi connectivity index (χ0) is 18.7. The van der Waals surface area contributed by atoms with Crippen molar-refractivity contribution in [2.75, 3.05) is 26.7 Å². The van der Waals surface area contributed by atoms with Gasteiger partial charge in [-0.05, 0) is 44.0 Å². The lowest BCUT2D eigenvalue weighted by Gasteiger charge is -2.25. The lowest BCUT2D eigenvalue weighted by atomic mass is 9.92. The average molecular weight is 360 g/mol. The number of amides is 4. The maximum atomic E-state index is 12.8. The third-order valence-electron chi connectivity index (χ3n) is 4.91. The molecule has 8 heteroatoms. The summed E-state index contributed by atoms with van der Waals surface area (Å²) >= 11 is 0. The minimum absolute atomic E-state index is 0.0324. The van der Waals surface area contributed by atoms with Crippen molar-refractivity contribution in [1.29, 1.82) is 0 Å². The van der Waals surface area contributed by atoms with Gasteiger partial charge in [-0.15, -0.1) is 0 Å². The molecule has 2 aliphatic heterocycles. The summed E-state index contributed by atoms with van der Waals surface area (Å²) in [6, 6.07) is 6.38. The predicted octanol–water partition coefficient (Wildman–Crippen LogP) is 0.330. The van der Waals surface area contributed by atoms with Gasteiger partial charge in [0.1, 0.15) is 17.8 Å². The minimum Gasteiger partial charge on any atom is -0.497 e. The van der Waals surface area contributed by atoms with E-state index in [0.29, 0.717) is 17.9 Å². The fourth-order valence-electron chi connectivity index (χ4n) is 3.35. The maximum Gasteiger partial charge on any atom is 0.325 e. The van der Waals surface area contributed by atoms with Gasteiger partial charge in [0, 0.05) is 12.6 Å². The van der Waals surface area contributed by atoms with E-state index in [-0.39, 0.29) is 18.5 Å². The van der Waals surface area contributed by atoms with Crippen molar-refractivity contribution in [3.8, 4) is 5.75 Å². The molecule has 2 saturated heterocycles. The number of imide groups is 1. The molecule has 0 spiro atoms. The second-order valence-corrected chi connectivity index (χ2v) is 6.79. The SMILES string of the molecule is COc1ccc(C2(C)NC(=O)N(CC(=O)N[C@H]3CCCNC3)C2=O)cc1. The van der Waals surface area contributed by atoms with E-state index < -0.39 is 17.5 Å². The van der Waals surface area contributed by atoms with Crippen LogP contribution in [0.1, 0.15) is 25.3 Å². The fourth-order valence-corrected chi connectivity index (χ4v) is 3.35. The van der Waals surface area contributed by atoms with Crippen LogP contribution in [-0.4, -0.2) is 55.5 Å². The van der Waals surface area contributed by atoms with E-state index in [1.54, 1.807) is 38.3 Å². The second kappa shape index (κ2) is 7.33. The molecule has 2 aliphatic rings. The van der Waals surface area contributed by atoms with Crippen molar-refractivity contribution in [3.63, 3.8) is 0 Å². The van der Waals surface area contributed by atoms with Gasteiger partial charge in [-0.25, -0.2) is 4.79 Å². The Morgan fingerprint density at radius 3 is 2.69 bits per heavy atom. The number of methoxy groups -OCH3 is 1. The second-order valence-electron chi connectivity index (χ2n) is 6.79. The Labute approximate surface area is 152 Å². The molecule has 2 heterocycles. The first kappa shape index (κ1) is 18.2. The summed E-state index contributed by atoms with van der Waals surface area (Å²) in [6.07, 6.45) is 1.88. The lowest BCUT2D eigenvalue weighted by Crippen LogP contribution is -2.49. The molecule has 4 amide bonds. The molecule has 26 heavy (non-hydrogen) atoms. The number of benzene rings is 1. The molecule has 0 aliphatic carbocycles. The van der Waals surface area contributed by atoms with Crippen LogP contribution in [0.25, 0.3) is 0 Å². The summed E-state index contributed by atoms with van der Waals surface area (Å²) in [6.45, 7) is 3.00. The molecule has 3 N–H and O–H groups in total. The van der Waals surface area contributed by atoms with E-state index in [0.717, 1.165) is 24.3 Å². The van der Waals surface area contributed by atoms with Gasteiger partial charge in [0.05, 0.1) is 7.11 Å². The molecule has 8 nitrogen and oxygen atoms in total. The molecule has 3 rings (SSSR count). The zero-order valence-corrected chi connectivity index (χ0v) is 15.0. The molecule has 140 valence electrons. The van der Waals surface area contributed by atoms with E-state index in [4.69, 9.17) is 4.74 Å². The molecule has 1 aromatic carbocycles. The molecule has 1 aromatic rings. The Morgan fingerprint density at radius 2 is 2.08 bits per heavy atom. The molecule has 2 fully saturated rings. The number of ether oxygens (including phenoxy) is 1. The van der Waals surface area contributed by atoms with Crippen molar-refractivity contribution >= 4 is 17.8 Å². The van der Waals surface area contributed by atoms with Crippen LogP contribution in [0.2, 0.25) is 0 Å². The summed E-state index contributed by atoms with van der Waals surface area (Å²) in [4.78, 5) is 38.4. The van der Waals surface area contributed by atoms with Crippen molar-refractivity contribution in [2.24, 2.45) is 0 Å². The summed E-state index contributed by atoms with van der Waals surface area (Å²) < 4.78 is 5.12. The highest BCUT2D eigenvalue weighted by atomic mass is 16.5. The first-order valence-corrected chi connectivity index (χ1v) is 8.73. The van der Waals surface area contributed by atoms with Gasteiger partial charge in [-0.2, -0.15) is 0 Å². The zero-order valence-electron chi connectivity index (χ0n) is 15.0. The first-order chi connectivity index (χ1) is 12.4. The average Bonchev–Trinajstić information content (AvgIpc) is 2.86. The molecule has 0 bridgehead atoms. The van der Waals surface area contributed by atoms with Crippen LogP contribution in [0, 0.1) is 0 Å². The summed E-state index contributed by atoms with van der Waals surface area (Å²) in [5.41, 5.74) is -0.563. The molecule has 1 unspecified atom stereocenters. The van der Waals surface area contributed by atoms with Gasteiger partial charge in [-0.3, -0.25) is 14.5 Å². The van der Waals surface area contributed by atoms with Crippen molar-refractivity contribution in [1.82, 2.24) is 20.9 Å². The van der Waals surface area contributed by atoms with Crippen LogP contribution < -0.4 is 20.7 Å². The quantitative estimate of drug-likeness (QED) is 0.657. The van der Waals surface area contributed by atoms with Crippen molar-refractivity contribution < 1.29 is 19.1 Å². The number of hydrogen-bond acceptors (Lipinski definition) is 5. The Balaban J connectivity index is 1.68. The molecular formula is C18H24N4O4. The largest absolute Gasteiger partial charge is 0.497 e. The van der Waals surface area contributed by atoms with Gasteiger partial charge in [0.25, 0.3) is 5.91 Å². The van der Waals surface area contributed by atoms with Gasteiger partial charge in [-0.1, -0.05) is 12.1 Å². The molecule has 0 saturated carbocycles. The van der Waals surface area contributed by atoms with Crippen molar-refractivity contribution in [2.45, 2.75) is 31.3 Å². The number of rotatable bonds is 5. The van der Waals surface area contributed by atoms with Gasteiger partial charge >= 0.3 is 6.03 Å². The molecule has 0 aromatic heterocycles. The van der Waals surface area contributed by atoms with E-state index in [1.165, 1.54) is 0 Å². The maximum absolute atomic E-state index is 12.8. The van der Waals surface area contributed by atoms with Crippen LogP contribution in [0.15, 0.2) is 24.3 Å². The highest BCUT2D eigenvalue weighted by Gasteiger charge is 2.49. The number of nitrogens with one attached hydrogen (secondary N) is 3. The van der Waals surface area contributed by atoms with Crippen LogP contribution in [0.3, 0.4) is 0 Å². The Hall–Kier alpha value is -2.61. The number of urea groups is 1. The standard InChI is InChI=1S/C18H24N4O4/c1-18(12-5-7-14(26-2)8-6-12)16(24)22(17(25)21-18)11-15(23)20-13-4-3-9-19-10-13/h5-8,13,19H,3-4,9-11H2,1-2H3,(H,20,23)(H,21,25)/t13-,18?/m0/s1. The highest BCUT2D eigenvalue weighted by Crippen LogP contribution is 2.29. The molecule has 2 atom stereocenters. The molecule has 0 radical (unpaired) electrons. The number of carbonyl (C=O) groups excluding carboxylic acids is 3. The first-order valence-electron chi connectivity index (χ1n) is 8.73. The highest BCUT2D eigenvalue weighted by molar-refractivity contribution is 6.09. The summed E-state index contributed by atoms with van der Waals surface area (Å²) in [5, 5.41) is 8.78. The van der Waals surface area contributed by atoms with Crippen LogP contribution in [0.5, 0.6) is 5.75 Å². The fraction of sp³-hybridized carbons (Fsp3) is 0.500. The van der Waals surface area contributed by atoms with Gasteiger partial charge in [0.15, 0.2) is 0 Å². The number of nitrogens with zero attached hydrogens (tertiary/aromatic N) is 1. The minimum atomic E-state index is -1.20. The third-order valence-corrected chi connectivity index (χ3v) is 4.91. The molecular weight excluding hydrogens is 336 g/mol. The Morgan fingerprint density at radius 1 is 1.35 bits per heavy atom. The van der Waals surface area contributed by atoms with Gasteiger partial charge in [0.2, 0.25) is 5.91 Å². The van der Waals surface area contributed by atoms with Crippen molar-refractivity contribution in [3.05, 3.63) is 29.8 Å². The Kier molecular flexibility index (Phi) is 5.13. The lowest BCUT2D eigenvalue weighted by molar-refractivity contribution is -0.135. The number of hydrogen-bond donors (Lipinski definition) is 3. The Bertz CT molecular complexity index is 700. The van der Waals surface area contributed by atoms with E-state index in [9.17, 15) is 14.4 Å². The monoisotopic (exact) mass is 360 g/mol. The third kappa shape index (κ3) is 3.50. The van der Waals surface area contributed by atoms with E-state index in [2.05, 4.69) is 16.0 Å². The van der Waals surface area contributed by atoms with Crippen LogP contribution in [0.4, 0.5) is 4.79 Å². The van der Waals surface area contributed by atoms with E-state index in [1.807, 2.05) is 0 Å². The van der Waals surface area contributed by atoms with Crippen LogP contribution >= 0.6 is 0 Å². The normalized spacial score (nSPS) is 25.8. The predicted molar refractivity (Wildman–Crippen MR) is 94.6 cm³/mol. The topological polar surface area (TPSA) is 99.8 Å². The smallest absolute Gasteiger partial charge is 0.325 e. The van der Waals surface area contributed by atoms with Gasteiger partial charge < -0.3 is 20.7 Å². The van der Waals surface area contributed by atoms with E-state index >= 15 is 0 Å². The summed E-state index contributed by atoms with van der Waals surface area (Å²) in [5.74, 6) is -0.114. The summed E-state index contributed by atoms with van der Waals surface area (Å²) in [7, 11) is 1.56.